The van der Waals surface area contributed by atoms with Crippen LogP contribution < -0.4 is 10.1 Å². The average Bonchev–Trinajstić information content (AvgIpc) is 3.34. The number of aromatic nitrogens is 6. The molecule has 1 N–H and O–H groups in total. The summed E-state index contributed by atoms with van der Waals surface area (Å²) in [7, 11) is 3.50. The van der Waals surface area contributed by atoms with Gasteiger partial charge in [-0.3, -0.25) is 4.68 Å². The number of nitrogens with zero attached hydrogens (tertiary/aromatic N) is 6. The third kappa shape index (κ3) is 2.88. The number of fused-ring (bicyclic) bond motifs is 1. The van der Waals surface area contributed by atoms with Crippen molar-refractivity contribution in [1.29, 1.82) is 0 Å². The number of anilines is 2. The molecule has 5 rings (SSSR count). The Morgan fingerprint density at radius 1 is 1.15 bits per heavy atom. The molecule has 0 radical (unpaired) electrons. The maximum Gasteiger partial charge on any atom is 0.163 e. The molecule has 0 saturated heterocycles. The van der Waals surface area contributed by atoms with Crippen molar-refractivity contribution < 1.29 is 4.74 Å². The van der Waals surface area contributed by atoms with Gasteiger partial charge in [0.15, 0.2) is 11.5 Å². The number of hydrogen-bond donors (Lipinski definition) is 1. The molecule has 8 heteroatoms. The molecule has 4 aromatic heterocycles. The van der Waals surface area contributed by atoms with E-state index in [2.05, 4.69) is 26.6 Å². The van der Waals surface area contributed by atoms with Crippen molar-refractivity contribution in [3.8, 4) is 11.6 Å². The van der Waals surface area contributed by atoms with Crippen molar-refractivity contribution in [3.63, 3.8) is 0 Å². The summed E-state index contributed by atoms with van der Waals surface area (Å²) < 4.78 is 8.96. The van der Waals surface area contributed by atoms with Crippen molar-refractivity contribution >= 4 is 22.5 Å². The zero-order valence-electron chi connectivity index (χ0n) is 15.1. The lowest BCUT2D eigenvalue weighted by Crippen LogP contribution is -2.00. The molecule has 4 aromatic rings. The largest absolute Gasteiger partial charge is 0.496 e. The number of rotatable bonds is 5. The van der Waals surface area contributed by atoms with Crippen LogP contribution in [0.4, 0.5) is 11.5 Å². The second-order valence-electron chi connectivity index (χ2n) is 6.71. The summed E-state index contributed by atoms with van der Waals surface area (Å²) in [5.41, 5.74) is 2.72. The fraction of sp³-hybridized carbons (Fsp3) is 0.263. The summed E-state index contributed by atoms with van der Waals surface area (Å²) in [6, 6.07) is 7.94. The summed E-state index contributed by atoms with van der Waals surface area (Å²) in [5.74, 6) is 2.82. The van der Waals surface area contributed by atoms with Gasteiger partial charge in [-0.05, 0) is 25.0 Å². The number of aryl methyl sites for hydroxylation is 1. The fourth-order valence-corrected chi connectivity index (χ4v) is 3.15. The minimum absolute atomic E-state index is 0.611. The van der Waals surface area contributed by atoms with Crippen LogP contribution in [0.5, 0.6) is 5.75 Å². The molecule has 0 aliphatic heterocycles. The lowest BCUT2D eigenvalue weighted by atomic mass is 10.2. The Labute approximate surface area is 155 Å². The smallest absolute Gasteiger partial charge is 0.163 e. The highest BCUT2D eigenvalue weighted by molar-refractivity contribution is 5.84. The number of hydrogen-bond acceptors (Lipinski definition) is 6. The van der Waals surface area contributed by atoms with Crippen molar-refractivity contribution in [1.82, 2.24) is 29.5 Å². The van der Waals surface area contributed by atoms with E-state index in [1.807, 2.05) is 31.4 Å². The van der Waals surface area contributed by atoms with Crippen LogP contribution in [0.1, 0.15) is 24.5 Å². The molecule has 136 valence electrons. The van der Waals surface area contributed by atoms with Crippen LogP contribution in [0.25, 0.3) is 16.9 Å². The molecule has 0 spiro atoms. The topological polar surface area (TPSA) is 82.7 Å². The second kappa shape index (κ2) is 6.08. The summed E-state index contributed by atoms with van der Waals surface area (Å²) in [4.78, 5) is 9.35. The molecule has 1 saturated carbocycles. The van der Waals surface area contributed by atoms with Gasteiger partial charge < -0.3 is 10.1 Å². The SMILES string of the molecule is COc1cc(Nc2cnn(-c3cccc(C4CC4)n3)c2)nc2c1cnn2C. The quantitative estimate of drug-likeness (QED) is 0.588. The predicted octanol–water partition coefficient (Wildman–Crippen LogP) is 3.18. The molecule has 0 amide bonds. The van der Waals surface area contributed by atoms with Gasteiger partial charge in [0.1, 0.15) is 11.6 Å². The average molecular weight is 361 g/mol. The molecule has 1 fully saturated rings. The van der Waals surface area contributed by atoms with Crippen LogP contribution in [0, 0.1) is 0 Å². The molecule has 0 bridgehead atoms. The molecule has 1 aliphatic rings. The van der Waals surface area contributed by atoms with Gasteiger partial charge in [-0.15, -0.1) is 0 Å². The van der Waals surface area contributed by atoms with E-state index in [0.717, 1.165) is 34.0 Å². The molecule has 1 aliphatic carbocycles. The summed E-state index contributed by atoms with van der Waals surface area (Å²) in [6.07, 6.45) is 7.87. The van der Waals surface area contributed by atoms with E-state index in [0.29, 0.717) is 11.7 Å². The van der Waals surface area contributed by atoms with Crippen LogP contribution >= 0.6 is 0 Å². The highest BCUT2D eigenvalue weighted by Crippen LogP contribution is 2.39. The summed E-state index contributed by atoms with van der Waals surface area (Å²) >= 11 is 0. The highest BCUT2D eigenvalue weighted by atomic mass is 16.5. The van der Waals surface area contributed by atoms with Gasteiger partial charge >= 0.3 is 0 Å². The van der Waals surface area contributed by atoms with E-state index in [1.165, 1.54) is 12.8 Å². The second-order valence-corrected chi connectivity index (χ2v) is 6.71. The van der Waals surface area contributed by atoms with Crippen molar-refractivity contribution in [2.45, 2.75) is 18.8 Å². The van der Waals surface area contributed by atoms with Gasteiger partial charge in [-0.25, -0.2) is 14.6 Å². The Balaban J connectivity index is 1.44. The Hall–Kier alpha value is -3.42. The third-order valence-electron chi connectivity index (χ3n) is 4.73. The first-order chi connectivity index (χ1) is 13.2. The Bertz CT molecular complexity index is 1130. The normalized spacial score (nSPS) is 13.9. The van der Waals surface area contributed by atoms with Gasteiger partial charge in [0.2, 0.25) is 0 Å². The third-order valence-corrected chi connectivity index (χ3v) is 4.73. The number of methoxy groups -OCH3 is 1. The fourth-order valence-electron chi connectivity index (χ4n) is 3.15. The maximum absolute atomic E-state index is 5.47. The number of ether oxygens (including phenoxy) is 1. The molecular formula is C19H19N7O. The first-order valence-electron chi connectivity index (χ1n) is 8.87. The van der Waals surface area contributed by atoms with Gasteiger partial charge in [0, 0.05) is 24.7 Å². The van der Waals surface area contributed by atoms with Gasteiger partial charge in [0.05, 0.1) is 36.8 Å². The zero-order chi connectivity index (χ0) is 18.4. The Morgan fingerprint density at radius 2 is 2.04 bits per heavy atom. The standard InChI is InChI=1S/C19H19N7O/c1-25-19-14(10-20-25)16(27-2)8-17(24-19)22-13-9-21-26(11-13)18-5-3-4-15(23-18)12-6-7-12/h3-5,8-12H,6-7H2,1-2H3,(H,22,24). The molecular weight excluding hydrogens is 342 g/mol. The zero-order valence-corrected chi connectivity index (χ0v) is 15.1. The van der Waals surface area contributed by atoms with E-state index >= 15 is 0 Å². The van der Waals surface area contributed by atoms with E-state index in [-0.39, 0.29) is 0 Å². The Kier molecular flexibility index (Phi) is 3.56. The van der Waals surface area contributed by atoms with Crippen LogP contribution in [-0.2, 0) is 7.05 Å². The molecule has 8 nitrogen and oxygen atoms in total. The number of nitrogens with one attached hydrogen (secondary N) is 1. The predicted molar refractivity (Wildman–Crippen MR) is 102 cm³/mol. The molecule has 0 atom stereocenters. The van der Waals surface area contributed by atoms with Crippen LogP contribution in [-0.4, -0.2) is 36.6 Å². The van der Waals surface area contributed by atoms with Crippen molar-refractivity contribution in [2.24, 2.45) is 7.05 Å². The first kappa shape index (κ1) is 15.8. The van der Waals surface area contributed by atoms with Crippen molar-refractivity contribution in [3.05, 3.63) is 48.5 Å². The molecule has 0 aromatic carbocycles. The summed E-state index contributed by atoms with van der Waals surface area (Å²) in [5, 5.41) is 12.8. The molecule has 4 heterocycles. The van der Waals surface area contributed by atoms with E-state index in [4.69, 9.17) is 9.72 Å². The van der Waals surface area contributed by atoms with Crippen LogP contribution in [0.15, 0.2) is 42.9 Å². The van der Waals surface area contributed by atoms with Gasteiger partial charge in [0.25, 0.3) is 0 Å². The van der Waals surface area contributed by atoms with Gasteiger partial charge in [-0.1, -0.05) is 6.07 Å². The lowest BCUT2D eigenvalue weighted by Gasteiger charge is -2.07. The molecule has 0 unspecified atom stereocenters. The van der Waals surface area contributed by atoms with E-state index in [9.17, 15) is 0 Å². The van der Waals surface area contributed by atoms with Crippen LogP contribution in [0.3, 0.4) is 0 Å². The van der Waals surface area contributed by atoms with E-state index in [1.54, 1.807) is 28.9 Å². The maximum atomic E-state index is 5.47. The monoisotopic (exact) mass is 361 g/mol. The number of pyridine rings is 2. The molecule has 27 heavy (non-hydrogen) atoms. The lowest BCUT2D eigenvalue weighted by molar-refractivity contribution is 0.419. The summed E-state index contributed by atoms with van der Waals surface area (Å²) in [6.45, 7) is 0. The Morgan fingerprint density at radius 3 is 2.85 bits per heavy atom. The van der Waals surface area contributed by atoms with Crippen LogP contribution in [0.2, 0.25) is 0 Å². The highest BCUT2D eigenvalue weighted by Gasteiger charge is 2.25. The first-order valence-corrected chi connectivity index (χ1v) is 8.87. The van der Waals surface area contributed by atoms with E-state index < -0.39 is 0 Å². The minimum Gasteiger partial charge on any atom is -0.496 e. The minimum atomic E-state index is 0.611. The van der Waals surface area contributed by atoms with Crippen molar-refractivity contribution in [2.75, 3.05) is 12.4 Å². The van der Waals surface area contributed by atoms with Gasteiger partial charge in [-0.2, -0.15) is 10.2 Å².